The van der Waals surface area contributed by atoms with Crippen LogP contribution in [0.15, 0.2) is 54.1 Å². The van der Waals surface area contributed by atoms with Crippen LogP contribution in [-0.2, 0) is 4.79 Å². The van der Waals surface area contributed by atoms with Crippen LogP contribution in [0.1, 0.15) is 42.5 Å². The smallest absolute Gasteiger partial charge is 0.257 e. The van der Waals surface area contributed by atoms with E-state index in [4.69, 9.17) is 11.6 Å². The number of anilines is 2. The lowest BCUT2D eigenvalue weighted by Gasteiger charge is -2.14. The van der Waals surface area contributed by atoms with Gasteiger partial charge in [0, 0.05) is 12.2 Å². The van der Waals surface area contributed by atoms with Gasteiger partial charge >= 0.3 is 0 Å². The fraction of sp³-hybridized carbons (Fsp3) is 0.304. The zero-order valence-corrected chi connectivity index (χ0v) is 17.4. The maximum absolute atomic E-state index is 13.2. The van der Waals surface area contributed by atoms with E-state index >= 15 is 0 Å². The molecule has 0 atom stereocenters. The first-order valence-corrected chi connectivity index (χ1v) is 10.4. The van der Waals surface area contributed by atoms with Gasteiger partial charge in [0.05, 0.1) is 22.8 Å². The lowest BCUT2D eigenvalue weighted by Crippen LogP contribution is -2.31. The van der Waals surface area contributed by atoms with E-state index in [-0.39, 0.29) is 17.5 Å². The van der Waals surface area contributed by atoms with Crippen molar-refractivity contribution < 1.29 is 14.0 Å². The van der Waals surface area contributed by atoms with Crippen molar-refractivity contribution in [2.45, 2.75) is 32.1 Å². The number of benzene rings is 2. The van der Waals surface area contributed by atoms with Gasteiger partial charge in [-0.15, -0.1) is 0 Å². The summed E-state index contributed by atoms with van der Waals surface area (Å²) in [5.74, 6) is -1.02. The fourth-order valence-corrected chi connectivity index (χ4v) is 3.56. The molecule has 7 heteroatoms. The van der Waals surface area contributed by atoms with E-state index in [0.717, 1.165) is 25.3 Å². The van der Waals surface area contributed by atoms with Crippen LogP contribution in [0.5, 0.6) is 0 Å². The van der Waals surface area contributed by atoms with Crippen LogP contribution in [0.3, 0.4) is 0 Å². The summed E-state index contributed by atoms with van der Waals surface area (Å²) in [5.41, 5.74) is 2.61. The average Bonchev–Trinajstić information content (AvgIpc) is 2.75. The highest BCUT2D eigenvalue weighted by Gasteiger charge is 2.14. The molecule has 5 nitrogen and oxygen atoms in total. The highest BCUT2D eigenvalue weighted by atomic mass is 35.5. The van der Waals surface area contributed by atoms with Gasteiger partial charge in [-0.1, -0.05) is 35.4 Å². The van der Waals surface area contributed by atoms with Crippen LogP contribution in [0.25, 0.3) is 0 Å². The maximum Gasteiger partial charge on any atom is 0.257 e. The SMILES string of the molecule is O=C(CNc1ccccc1C(=O)Nc1ccc(F)cc1Cl)NCCC1=CCCCC1. The molecule has 1 aliphatic rings. The van der Waals surface area contributed by atoms with Crippen molar-refractivity contribution in [2.75, 3.05) is 23.7 Å². The first-order chi connectivity index (χ1) is 14.5. The highest BCUT2D eigenvalue weighted by Crippen LogP contribution is 2.24. The lowest BCUT2D eigenvalue weighted by atomic mass is 9.97. The van der Waals surface area contributed by atoms with Gasteiger partial charge in [-0.3, -0.25) is 9.59 Å². The standard InChI is InChI=1S/C23H25ClFN3O2/c24-19-14-17(25)10-11-21(19)28-23(30)18-8-4-5-9-20(18)27-15-22(29)26-13-12-16-6-2-1-3-7-16/h4-6,8-11,14,27H,1-3,7,12-13,15H2,(H,26,29)(H,28,30). The van der Waals surface area contributed by atoms with Crippen molar-refractivity contribution in [2.24, 2.45) is 0 Å². The topological polar surface area (TPSA) is 70.2 Å². The molecule has 158 valence electrons. The summed E-state index contributed by atoms with van der Waals surface area (Å²) in [7, 11) is 0. The monoisotopic (exact) mass is 429 g/mol. The second kappa shape index (κ2) is 10.8. The number of carbonyl (C=O) groups is 2. The zero-order chi connectivity index (χ0) is 21.3. The summed E-state index contributed by atoms with van der Waals surface area (Å²) in [6, 6.07) is 10.6. The van der Waals surface area contributed by atoms with Gasteiger partial charge in [0.1, 0.15) is 5.82 Å². The Morgan fingerprint density at radius 2 is 1.90 bits per heavy atom. The van der Waals surface area contributed by atoms with Crippen molar-refractivity contribution in [1.82, 2.24) is 5.32 Å². The molecule has 2 aromatic carbocycles. The number of allylic oxidation sites excluding steroid dienone is 1. The third-order valence-electron chi connectivity index (χ3n) is 4.94. The Morgan fingerprint density at radius 1 is 1.07 bits per heavy atom. The van der Waals surface area contributed by atoms with Gasteiger partial charge in [0.2, 0.25) is 5.91 Å². The molecule has 0 bridgehead atoms. The number of hydrogen-bond acceptors (Lipinski definition) is 3. The molecule has 0 spiro atoms. The second-order valence-electron chi connectivity index (χ2n) is 7.19. The Hall–Kier alpha value is -2.86. The summed E-state index contributed by atoms with van der Waals surface area (Å²) in [6.07, 6.45) is 7.88. The van der Waals surface area contributed by atoms with Crippen molar-refractivity contribution in [3.05, 3.63) is 70.5 Å². The maximum atomic E-state index is 13.2. The molecule has 0 heterocycles. The van der Waals surface area contributed by atoms with Crippen molar-refractivity contribution in [3.8, 4) is 0 Å². The molecule has 0 radical (unpaired) electrons. The van der Waals surface area contributed by atoms with Gasteiger partial charge < -0.3 is 16.0 Å². The molecule has 0 unspecified atom stereocenters. The Morgan fingerprint density at radius 3 is 2.67 bits per heavy atom. The van der Waals surface area contributed by atoms with Crippen LogP contribution < -0.4 is 16.0 Å². The summed E-state index contributed by atoms with van der Waals surface area (Å²) in [4.78, 5) is 24.8. The number of hydrogen-bond donors (Lipinski definition) is 3. The molecule has 0 aliphatic heterocycles. The van der Waals surface area contributed by atoms with Gasteiger partial charge in [-0.2, -0.15) is 0 Å². The minimum Gasteiger partial charge on any atom is -0.376 e. The summed E-state index contributed by atoms with van der Waals surface area (Å²) >= 11 is 5.98. The normalized spacial score (nSPS) is 13.3. The van der Waals surface area contributed by atoms with Gasteiger partial charge in [-0.25, -0.2) is 4.39 Å². The van der Waals surface area contributed by atoms with Crippen LogP contribution in [0.2, 0.25) is 5.02 Å². The lowest BCUT2D eigenvalue weighted by molar-refractivity contribution is -0.119. The number of carbonyl (C=O) groups excluding carboxylic acids is 2. The first-order valence-electron chi connectivity index (χ1n) is 10.1. The molecule has 0 aromatic heterocycles. The number of nitrogens with one attached hydrogen (secondary N) is 3. The van der Waals surface area contributed by atoms with Crippen molar-refractivity contribution in [1.29, 1.82) is 0 Å². The van der Waals surface area contributed by atoms with Gasteiger partial charge in [-0.05, 0) is 62.4 Å². The van der Waals surface area contributed by atoms with Crippen LogP contribution in [0, 0.1) is 5.82 Å². The largest absolute Gasteiger partial charge is 0.376 e. The predicted molar refractivity (Wildman–Crippen MR) is 118 cm³/mol. The average molecular weight is 430 g/mol. The molecule has 0 fully saturated rings. The second-order valence-corrected chi connectivity index (χ2v) is 7.59. The predicted octanol–water partition coefficient (Wildman–Crippen LogP) is 5.15. The molecule has 3 N–H and O–H groups in total. The van der Waals surface area contributed by atoms with Crippen molar-refractivity contribution in [3.63, 3.8) is 0 Å². The number of para-hydroxylation sites is 1. The molecule has 3 rings (SSSR count). The zero-order valence-electron chi connectivity index (χ0n) is 16.6. The molecule has 1 aliphatic carbocycles. The van der Waals surface area contributed by atoms with Crippen LogP contribution >= 0.6 is 11.6 Å². The summed E-state index contributed by atoms with van der Waals surface area (Å²) < 4.78 is 13.2. The van der Waals surface area contributed by atoms with E-state index in [1.165, 1.54) is 30.5 Å². The number of rotatable bonds is 8. The number of amides is 2. The van der Waals surface area contributed by atoms with Gasteiger partial charge in [0.15, 0.2) is 0 Å². The minimum absolute atomic E-state index is 0.0562. The number of halogens is 2. The Bertz CT molecular complexity index is 946. The Labute approximate surface area is 180 Å². The molecular weight excluding hydrogens is 405 g/mol. The third-order valence-corrected chi connectivity index (χ3v) is 5.26. The van der Waals surface area contributed by atoms with E-state index < -0.39 is 11.7 Å². The first kappa shape index (κ1) is 21.8. The quantitative estimate of drug-likeness (QED) is 0.508. The summed E-state index contributed by atoms with van der Waals surface area (Å²) in [6.45, 7) is 0.665. The highest BCUT2D eigenvalue weighted by molar-refractivity contribution is 6.34. The van der Waals surface area contributed by atoms with E-state index in [1.54, 1.807) is 24.3 Å². The fourth-order valence-electron chi connectivity index (χ4n) is 3.35. The van der Waals surface area contributed by atoms with E-state index in [2.05, 4.69) is 22.0 Å². The third kappa shape index (κ3) is 6.32. The Balaban J connectivity index is 1.53. The van der Waals surface area contributed by atoms with Crippen molar-refractivity contribution >= 4 is 34.8 Å². The minimum atomic E-state index is -0.481. The van der Waals surface area contributed by atoms with Crippen LogP contribution in [0.4, 0.5) is 15.8 Å². The van der Waals surface area contributed by atoms with E-state index in [0.29, 0.717) is 23.5 Å². The molecule has 2 aromatic rings. The van der Waals surface area contributed by atoms with Gasteiger partial charge in [0.25, 0.3) is 5.91 Å². The summed E-state index contributed by atoms with van der Waals surface area (Å²) in [5, 5.41) is 8.70. The molecule has 2 amide bonds. The Kier molecular flexibility index (Phi) is 7.85. The molecule has 30 heavy (non-hydrogen) atoms. The molecular formula is C23H25ClFN3O2. The van der Waals surface area contributed by atoms with E-state index in [1.807, 2.05) is 0 Å². The molecule has 0 saturated carbocycles. The molecule has 0 saturated heterocycles. The van der Waals surface area contributed by atoms with Crippen LogP contribution in [-0.4, -0.2) is 24.9 Å². The van der Waals surface area contributed by atoms with E-state index in [9.17, 15) is 14.0 Å².